The standard InChI is InChI=1S/C19H31N3O2.ClH/c1-13(2)11-16-9-7-8-10-17(16)14(3)19(24)20-12-18(23)21-15(4)22(5)6;/h7-10,13-15H,11-12H2,1-6H3,(H,20,24)(H,21,23);1H/t14-,15-;/m1./s1. The number of halogens is 1. The highest BCUT2D eigenvalue weighted by atomic mass is 35.5. The number of amides is 2. The first-order valence-corrected chi connectivity index (χ1v) is 8.53. The molecule has 1 rings (SSSR count). The molecule has 1 aromatic carbocycles. The van der Waals surface area contributed by atoms with E-state index in [0.29, 0.717) is 5.92 Å². The van der Waals surface area contributed by atoms with Gasteiger partial charge in [0.05, 0.1) is 18.6 Å². The van der Waals surface area contributed by atoms with E-state index in [2.05, 4.69) is 30.5 Å². The van der Waals surface area contributed by atoms with Gasteiger partial charge in [-0.25, -0.2) is 0 Å². The third kappa shape index (κ3) is 7.88. The second kappa shape index (κ2) is 11.1. The van der Waals surface area contributed by atoms with Crippen LogP contribution in [-0.4, -0.2) is 43.5 Å². The number of rotatable bonds is 8. The quantitative estimate of drug-likeness (QED) is 0.692. The fourth-order valence-electron chi connectivity index (χ4n) is 2.46. The molecule has 0 radical (unpaired) electrons. The lowest BCUT2D eigenvalue weighted by molar-refractivity contribution is -0.127. The largest absolute Gasteiger partial charge is 0.347 e. The average Bonchev–Trinajstić information content (AvgIpc) is 2.51. The van der Waals surface area contributed by atoms with E-state index in [-0.39, 0.29) is 42.8 Å². The summed E-state index contributed by atoms with van der Waals surface area (Å²) in [4.78, 5) is 26.2. The summed E-state index contributed by atoms with van der Waals surface area (Å²) < 4.78 is 0. The maximum atomic E-state index is 12.4. The SMILES string of the molecule is CC(C)Cc1ccccc1[C@@H](C)C(=O)NCC(=O)N[C@@H](C)N(C)C.Cl. The van der Waals surface area contributed by atoms with Crippen LogP contribution in [0.4, 0.5) is 0 Å². The number of carbonyl (C=O) groups is 2. The number of hydrogen-bond donors (Lipinski definition) is 2. The first-order chi connectivity index (χ1) is 11.2. The van der Waals surface area contributed by atoms with E-state index >= 15 is 0 Å². The van der Waals surface area contributed by atoms with Crippen LogP contribution in [0.2, 0.25) is 0 Å². The molecule has 0 spiro atoms. The normalized spacial score (nSPS) is 13.1. The number of nitrogens with zero attached hydrogens (tertiary/aromatic N) is 1. The molecule has 0 unspecified atom stereocenters. The minimum absolute atomic E-state index is 0. The van der Waals surface area contributed by atoms with Crippen LogP contribution in [0, 0.1) is 5.92 Å². The molecular formula is C19H32ClN3O2. The molecule has 0 aliphatic heterocycles. The van der Waals surface area contributed by atoms with Crippen LogP contribution in [0.3, 0.4) is 0 Å². The molecule has 0 aliphatic carbocycles. The first-order valence-electron chi connectivity index (χ1n) is 8.53. The highest BCUT2D eigenvalue weighted by Crippen LogP contribution is 2.22. The Morgan fingerprint density at radius 3 is 2.24 bits per heavy atom. The average molecular weight is 370 g/mol. The molecule has 6 heteroatoms. The molecule has 0 fully saturated rings. The zero-order chi connectivity index (χ0) is 18.3. The summed E-state index contributed by atoms with van der Waals surface area (Å²) >= 11 is 0. The highest BCUT2D eigenvalue weighted by molar-refractivity contribution is 5.88. The van der Waals surface area contributed by atoms with Gasteiger partial charge in [0.1, 0.15) is 0 Å². The molecule has 142 valence electrons. The number of nitrogens with one attached hydrogen (secondary N) is 2. The first kappa shape index (κ1) is 23.4. The van der Waals surface area contributed by atoms with Gasteiger partial charge in [0, 0.05) is 0 Å². The molecule has 0 heterocycles. The Hall–Kier alpha value is -1.59. The van der Waals surface area contributed by atoms with Crippen molar-refractivity contribution in [2.75, 3.05) is 20.6 Å². The molecule has 0 bridgehead atoms. The molecule has 0 aliphatic rings. The molecule has 25 heavy (non-hydrogen) atoms. The van der Waals surface area contributed by atoms with E-state index in [1.165, 1.54) is 5.56 Å². The summed E-state index contributed by atoms with van der Waals surface area (Å²) in [5, 5.41) is 5.56. The number of hydrogen-bond acceptors (Lipinski definition) is 3. The monoisotopic (exact) mass is 369 g/mol. The maximum Gasteiger partial charge on any atom is 0.240 e. The predicted molar refractivity (Wildman–Crippen MR) is 105 cm³/mol. The van der Waals surface area contributed by atoms with Gasteiger partial charge in [-0.1, -0.05) is 38.1 Å². The van der Waals surface area contributed by atoms with E-state index in [0.717, 1.165) is 12.0 Å². The van der Waals surface area contributed by atoms with Gasteiger partial charge in [0.2, 0.25) is 11.8 Å². The zero-order valence-electron chi connectivity index (χ0n) is 16.1. The van der Waals surface area contributed by atoms with Gasteiger partial charge in [-0.15, -0.1) is 12.4 Å². The minimum atomic E-state index is -0.279. The van der Waals surface area contributed by atoms with Crippen molar-refractivity contribution >= 4 is 24.2 Å². The number of benzene rings is 1. The fraction of sp³-hybridized carbons (Fsp3) is 0.579. The summed E-state index contributed by atoms with van der Waals surface area (Å²) in [6.45, 7) is 8.10. The van der Waals surface area contributed by atoms with Gasteiger partial charge in [-0.2, -0.15) is 0 Å². The molecular weight excluding hydrogens is 338 g/mol. The Bertz CT molecular complexity index is 561. The van der Waals surface area contributed by atoms with E-state index in [1.807, 2.05) is 51.0 Å². The molecule has 0 aromatic heterocycles. The van der Waals surface area contributed by atoms with Gasteiger partial charge in [0.15, 0.2) is 0 Å². The summed E-state index contributed by atoms with van der Waals surface area (Å²) in [5.74, 6) is -0.0650. The molecule has 0 saturated heterocycles. The molecule has 2 atom stereocenters. The third-order valence-corrected chi connectivity index (χ3v) is 4.11. The summed E-state index contributed by atoms with van der Waals surface area (Å²) in [6, 6.07) is 8.02. The number of carbonyl (C=O) groups excluding carboxylic acids is 2. The van der Waals surface area contributed by atoms with Crippen LogP contribution in [-0.2, 0) is 16.0 Å². The lowest BCUT2D eigenvalue weighted by Gasteiger charge is -2.21. The van der Waals surface area contributed by atoms with Gasteiger partial charge < -0.3 is 10.6 Å². The summed E-state index contributed by atoms with van der Waals surface area (Å²) in [6.07, 6.45) is 0.868. The maximum absolute atomic E-state index is 12.4. The lowest BCUT2D eigenvalue weighted by Crippen LogP contribution is -2.46. The summed E-state index contributed by atoms with van der Waals surface area (Å²) in [7, 11) is 3.77. The van der Waals surface area contributed by atoms with Crippen molar-refractivity contribution in [1.82, 2.24) is 15.5 Å². The fourth-order valence-corrected chi connectivity index (χ4v) is 2.46. The van der Waals surface area contributed by atoms with Gasteiger partial charge >= 0.3 is 0 Å². The Labute approximate surface area is 158 Å². The third-order valence-electron chi connectivity index (χ3n) is 4.11. The van der Waals surface area contributed by atoms with Crippen LogP contribution >= 0.6 is 12.4 Å². The molecule has 1 aromatic rings. The van der Waals surface area contributed by atoms with Crippen molar-refractivity contribution < 1.29 is 9.59 Å². The highest BCUT2D eigenvalue weighted by Gasteiger charge is 2.19. The molecule has 2 N–H and O–H groups in total. The minimum Gasteiger partial charge on any atom is -0.347 e. The molecule has 5 nitrogen and oxygen atoms in total. The van der Waals surface area contributed by atoms with Crippen LogP contribution < -0.4 is 10.6 Å². The van der Waals surface area contributed by atoms with Crippen LogP contribution in [0.5, 0.6) is 0 Å². The van der Waals surface area contributed by atoms with Crippen LogP contribution in [0.1, 0.15) is 44.7 Å². The Balaban J connectivity index is 0.00000576. The van der Waals surface area contributed by atoms with Crippen molar-refractivity contribution in [2.24, 2.45) is 5.92 Å². The second-order valence-electron chi connectivity index (χ2n) is 6.94. The Morgan fingerprint density at radius 2 is 1.68 bits per heavy atom. The van der Waals surface area contributed by atoms with E-state index in [4.69, 9.17) is 0 Å². The Kier molecular flexibility index (Phi) is 10.4. The second-order valence-corrected chi connectivity index (χ2v) is 6.94. The van der Waals surface area contributed by atoms with Crippen molar-refractivity contribution in [3.8, 4) is 0 Å². The smallest absolute Gasteiger partial charge is 0.240 e. The van der Waals surface area contributed by atoms with Crippen molar-refractivity contribution in [3.63, 3.8) is 0 Å². The van der Waals surface area contributed by atoms with Crippen molar-refractivity contribution in [2.45, 2.75) is 46.2 Å². The van der Waals surface area contributed by atoms with Crippen LogP contribution in [0.15, 0.2) is 24.3 Å². The Morgan fingerprint density at radius 1 is 1.08 bits per heavy atom. The van der Waals surface area contributed by atoms with Crippen molar-refractivity contribution in [1.29, 1.82) is 0 Å². The van der Waals surface area contributed by atoms with Crippen molar-refractivity contribution in [3.05, 3.63) is 35.4 Å². The van der Waals surface area contributed by atoms with Gasteiger partial charge in [-0.05, 0) is 51.4 Å². The molecule has 0 saturated carbocycles. The summed E-state index contributed by atoms with van der Waals surface area (Å²) in [5.41, 5.74) is 2.23. The van der Waals surface area contributed by atoms with Gasteiger partial charge in [-0.3, -0.25) is 14.5 Å². The van der Waals surface area contributed by atoms with Gasteiger partial charge in [0.25, 0.3) is 0 Å². The zero-order valence-corrected chi connectivity index (χ0v) is 16.9. The van der Waals surface area contributed by atoms with E-state index in [9.17, 15) is 9.59 Å². The molecule has 2 amide bonds. The van der Waals surface area contributed by atoms with E-state index in [1.54, 1.807) is 0 Å². The lowest BCUT2D eigenvalue weighted by atomic mass is 9.90. The topological polar surface area (TPSA) is 61.4 Å². The van der Waals surface area contributed by atoms with Crippen LogP contribution in [0.25, 0.3) is 0 Å². The van der Waals surface area contributed by atoms with E-state index < -0.39 is 0 Å². The predicted octanol–water partition coefficient (Wildman–Crippen LogP) is 2.55.